The largest absolute Gasteiger partial charge is 0.466 e. The van der Waals surface area contributed by atoms with Crippen molar-refractivity contribution in [3.63, 3.8) is 0 Å². The van der Waals surface area contributed by atoms with Gasteiger partial charge in [-0.25, -0.2) is 0 Å². The van der Waals surface area contributed by atoms with E-state index in [9.17, 15) is 9.59 Å². The van der Waals surface area contributed by atoms with E-state index < -0.39 is 5.41 Å². The second kappa shape index (κ2) is 8.31. The van der Waals surface area contributed by atoms with Gasteiger partial charge in [-0.05, 0) is 37.8 Å². The molecule has 30 heavy (non-hydrogen) atoms. The minimum Gasteiger partial charge on any atom is -0.466 e. The molecule has 0 saturated heterocycles. The summed E-state index contributed by atoms with van der Waals surface area (Å²) in [6.45, 7) is 6.68. The standard InChI is InChI=1S/C26H27NO3/c1-3-15-26(17-23(28)30-4-2)16-14-22-24(25(26)29)20-12-8-9-13-21(20)27(22)18-19-10-6-5-7-11-19/h3,5-13H,1,4,14-18H2,2H3. The van der Waals surface area contributed by atoms with E-state index in [1.807, 2.05) is 36.4 Å². The first-order valence-corrected chi connectivity index (χ1v) is 10.5. The van der Waals surface area contributed by atoms with Gasteiger partial charge in [-0.1, -0.05) is 54.6 Å². The van der Waals surface area contributed by atoms with Crippen molar-refractivity contribution in [3.05, 3.63) is 84.1 Å². The molecule has 0 radical (unpaired) electrons. The Bertz CT molecular complexity index is 1100. The van der Waals surface area contributed by atoms with E-state index >= 15 is 0 Å². The number of Topliss-reactive ketones (excluding diaryl/α,β-unsaturated/α-hetero) is 1. The van der Waals surface area contributed by atoms with Crippen LogP contribution in [0.25, 0.3) is 10.9 Å². The second-order valence-corrected chi connectivity index (χ2v) is 7.99. The molecule has 1 heterocycles. The lowest BCUT2D eigenvalue weighted by molar-refractivity contribution is -0.145. The minimum atomic E-state index is -0.775. The molecule has 1 unspecified atom stereocenters. The van der Waals surface area contributed by atoms with E-state index in [1.54, 1.807) is 13.0 Å². The summed E-state index contributed by atoms with van der Waals surface area (Å²) in [7, 11) is 0. The number of ether oxygens (including phenoxy) is 1. The molecule has 4 rings (SSSR count). The van der Waals surface area contributed by atoms with Gasteiger partial charge in [-0.15, -0.1) is 6.58 Å². The van der Waals surface area contributed by atoms with E-state index in [-0.39, 0.29) is 18.2 Å². The Morgan fingerprint density at radius 1 is 1.17 bits per heavy atom. The van der Waals surface area contributed by atoms with Crippen LogP contribution in [0.4, 0.5) is 0 Å². The van der Waals surface area contributed by atoms with Gasteiger partial charge in [0.15, 0.2) is 5.78 Å². The van der Waals surface area contributed by atoms with Crippen LogP contribution in [0.5, 0.6) is 0 Å². The van der Waals surface area contributed by atoms with Crippen LogP contribution in [-0.2, 0) is 22.5 Å². The van der Waals surface area contributed by atoms with Crippen LogP contribution in [0.1, 0.15) is 47.8 Å². The monoisotopic (exact) mass is 401 g/mol. The Labute approximate surface area is 177 Å². The maximum Gasteiger partial charge on any atom is 0.306 e. The SMILES string of the molecule is C=CCC1(CC(=O)OCC)CCc2c(c3ccccc3n2Cc2ccccc2)C1=O. The van der Waals surface area contributed by atoms with Crippen molar-refractivity contribution < 1.29 is 14.3 Å². The molecule has 154 valence electrons. The number of hydrogen-bond donors (Lipinski definition) is 0. The maximum atomic E-state index is 13.9. The number of nitrogens with zero attached hydrogens (tertiary/aromatic N) is 1. The normalized spacial score (nSPS) is 18.2. The van der Waals surface area contributed by atoms with Gasteiger partial charge in [0.1, 0.15) is 0 Å². The Kier molecular flexibility index (Phi) is 5.58. The number of esters is 1. The number of carbonyl (C=O) groups excluding carboxylic acids is 2. The summed E-state index contributed by atoms with van der Waals surface area (Å²) in [6, 6.07) is 18.4. The summed E-state index contributed by atoms with van der Waals surface area (Å²) < 4.78 is 7.46. The van der Waals surface area contributed by atoms with Crippen LogP contribution in [0.15, 0.2) is 67.3 Å². The number of carbonyl (C=O) groups is 2. The van der Waals surface area contributed by atoms with Crippen LogP contribution in [0.3, 0.4) is 0 Å². The van der Waals surface area contributed by atoms with Gasteiger partial charge < -0.3 is 9.30 Å². The maximum absolute atomic E-state index is 13.9. The van der Waals surface area contributed by atoms with Gasteiger partial charge in [0, 0.05) is 34.1 Å². The number of allylic oxidation sites excluding steroid dienone is 1. The van der Waals surface area contributed by atoms with Gasteiger partial charge in [0.05, 0.1) is 13.0 Å². The Morgan fingerprint density at radius 3 is 2.63 bits per heavy atom. The highest BCUT2D eigenvalue weighted by Crippen LogP contribution is 2.45. The van der Waals surface area contributed by atoms with Gasteiger partial charge in [0.2, 0.25) is 0 Å². The molecule has 0 aliphatic heterocycles. The van der Waals surface area contributed by atoms with Crippen LogP contribution in [0, 0.1) is 5.41 Å². The van der Waals surface area contributed by atoms with Crippen molar-refractivity contribution in [2.24, 2.45) is 5.41 Å². The second-order valence-electron chi connectivity index (χ2n) is 7.99. The van der Waals surface area contributed by atoms with E-state index in [1.165, 1.54) is 5.56 Å². The molecule has 0 spiro atoms. The summed E-state index contributed by atoms with van der Waals surface area (Å²) >= 11 is 0. The number of benzene rings is 2. The third-order valence-electron chi connectivity index (χ3n) is 6.13. The summed E-state index contributed by atoms with van der Waals surface area (Å²) in [5.74, 6) is -0.274. The Hall–Kier alpha value is -3.14. The van der Waals surface area contributed by atoms with Crippen molar-refractivity contribution in [1.82, 2.24) is 4.57 Å². The summed E-state index contributed by atoms with van der Waals surface area (Å²) in [5, 5.41) is 0.963. The van der Waals surface area contributed by atoms with Crippen LogP contribution < -0.4 is 0 Å². The quantitative estimate of drug-likeness (QED) is 0.397. The first-order chi connectivity index (χ1) is 14.6. The fourth-order valence-electron chi connectivity index (χ4n) is 4.75. The topological polar surface area (TPSA) is 48.3 Å². The van der Waals surface area contributed by atoms with Gasteiger partial charge in [-0.2, -0.15) is 0 Å². The summed E-state index contributed by atoms with van der Waals surface area (Å²) in [4.78, 5) is 26.2. The predicted molar refractivity (Wildman–Crippen MR) is 119 cm³/mol. The Balaban J connectivity index is 1.82. The minimum absolute atomic E-state index is 0.0414. The first kappa shape index (κ1) is 20.1. The fraction of sp³-hybridized carbons (Fsp3) is 0.308. The lowest BCUT2D eigenvalue weighted by Gasteiger charge is -2.34. The highest BCUT2D eigenvalue weighted by atomic mass is 16.5. The van der Waals surface area contributed by atoms with E-state index in [2.05, 4.69) is 29.3 Å². The van der Waals surface area contributed by atoms with E-state index in [0.29, 0.717) is 19.4 Å². The highest BCUT2D eigenvalue weighted by Gasteiger charge is 2.45. The molecule has 0 amide bonds. The average Bonchev–Trinajstić information content (AvgIpc) is 3.06. The molecule has 0 fully saturated rings. The van der Waals surface area contributed by atoms with Crippen LogP contribution in [0.2, 0.25) is 0 Å². The lowest BCUT2D eigenvalue weighted by atomic mass is 9.67. The molecule has 1 aliphatic carbocycles. The number of para-hydroxylation sites is 1. The molecule has 4 heteroatoms. The average molecular weight is 402 g/mol. The van der Waals surface area contributed by atoms with Crippen LogP contribution in [-0.4, -0.2) is 22.9 Å². The molecule has 0 N–H and O–H groups in total. The molecule has 1 aromatic heterocycles. The van der Waals surface area contributed by atoms with Crippen molar-refractivity contribution in [1.29, 1.82) is 0 Å². The van der Waals surface area contributed by atoms with Crippen molar-refractivity contribution in [3.8, 4) is 0 Å². The molecular formula is C26H27NO3. The number of aromatic nitrogens is 1. The zero-order valence-electron chi connectivity index (χ0n) is 17.4. The summed E-state index contributed by atoms with van der Waals surface area (Å²) in [5.41, 5.74) is 3.31. The zero-order chi connectivity index (χ0) is 21.1. The molecule has 2 aromatic carbocycles. The molecule has 0 bridgehead atoms. The molecule has 1 aliphatic rings. The highest BCUT2D eigenvalue weighted by molar-refractivity contribution is 6.13. The number of ketones is 1. The Morgan fingerprint density at radius 2 is 1.90 bits per heavy atom. The smallest absolute Gasteiger partial charge is 0.306 e. The summed E-state index contributed by atoms with van der Waals surface area (Å²) in [6.07, 6.45) is 3.70. The van der Waals surface area contributed by atoms with Gasteiger partial charge in [0.25, 0.3) is 0 Å². The van der Waals surface area contributed by atoms with E-state index in [4.69, 9.17) is 4.74 Å². The third kappa shape index (κ3) is 3.47. The number of hydrogen-bond acceptors (Lipinski definition) is 3. The van der Waals surface area contributed by atoms with E-state index in [0.717, 1.165) is 35.1 Å². The van der Waals surface area contributed by atoms with Crippen molar-refractivity contribution in [2.45, 2.75) is 39.2 Å². The first-order valence-electron chi connectivity index (χ1n) is 10.5. The van der Waals surface area contributed by atoms with Gasteiger partial charge in [-0.3, -0.25) is 9.59 Å². The zero-order valence-corrected chi connectivity index (χ0v) is 17.4. The molecule has 0 saturated carbocycles. The third-order valence-corrected chi connectivity index (χ3v) is 6.13. The molecule has 3 aromatic rings. The predicted octanol–water partition coefficient (Wildman–Crippen LogP) is 5.33. The van der Waals surface area contributed by atoms with Crippen molar-refractivity contribution in [2.75, 3.05) is 6.61 Å². The number of fused-ring (bicyclic) bond motifs is 3. The molecule has 4 nitrogen and oxygen atoms in total. The molecule has 1 atom stereocenters. The van der Waals surface area contributed by atoms with Crippen LogP contribution >= 0.6 is 0 Å². The van der Waals surface area contributed by atoms with Crippen molar-refractivity contribution >= 4 is 22.7 Å². The number of rotatable bonds is 7. The fourth-order valence-corrected chi connectivity index (χ4v) is 4.75. The molecular weight excluding hydrogens is 374 g/mol. The lowest BCUT2D eigenvalue weighted by Crippen LogP contribution is -2.38. The van der Waals surface area contributed by atoms with Gasteiger partial charge >= 0.3 is 5.97 Å².